The van der Waals surface area contributed by atoms with Crippen molar-refractivity contribution in [3.63, 3.8) is 0 Å². The summed E-state index contributed by atoms with van der Waals surface area (Å²) < 4.78 is 11.2. The molecule has 1 aliphatic heterocycles. The lowest BCUT2D eigenvalue weighted by Crippen LogP contribution is -2.42. The Balaban J connectivity index is 1.74. The van der Waals surface area contributed by atoms with Crippen molar-refractivity contribution in [2.24, 2.45) is 5.92 Å². The van der Waals surface area contributed by atoms with Crippen LogP contribution in [0.3, 0.4) is 0 Å². The van der Waals surface area contributed by atoms with Crippen LogP contribution in [-0.4, -0.2) is 52.5 Å². The molecular formula is C18H28ClN3O3S. The van der Waals surface area contributed by atoms with E-state index in [4.69, 9.17) is 21.1 Å². The van der Waals surface area contributed by atoms with Gasteiger partial charge in [-0.15, -0.1) is 0 Å². The molecule has 0 saturated carbocycles. The van der Waals surface area contributed by atoms with Crippen molar-refractivity contribution in [2.75, 3.05) is 26.0 Å². The van der Waals surface area contributed by atoms with Crippen LogP contribution < -0.4 is 4.74 Å². The highest BCUT2D eigenvalue weighted by Gasteiger charge is 2.27. The van der Waals surface area contributed by atoms with E-state index in [2.05, 4.69) is 9.97 Å². The van der Waals surface area contributed by atoms with Crippen LogP contribution in [0.15, 0.2) is 11.2 Å². The van der Waals surface area contributed by atoms with Crippen LogP contribution in [-0.2, 0) is 4.74 Å². The number of nitrogens with zero attached hydrogens (tertiary/aromatic N) is 3. The molecule has 0 spiro atoms. The fourth-order valence-corrected chi connectivity index (χ4v) is 3.48. The highest BCUT2D eigenvalue weighted by atomic mass is 35.5. The molecule has 1 fully saturated rings. The molecule has 0 aliphatic carbocycles. The van der Waals surface area contributed by atoms with Gasteiger partial charge in [0.25, 0.3) is 0 Å². The first-order chi connectivity index (χ1) is 12.3. The Kier molecular flexibility index (Phi) is 7.83. The lowest BCUT2D eigenvalue weighted by atomic mass is 9.94. The standard InChI is InChI=1S/C18H28ClN3O3S/c1-18(2,3)25-17(23)22-9-5-7-13(12-22)8-6-10-24-15-11-14(19)20-16(21-15)26-4/h11,13H,5-10,12H2,1-4H3/t13-/m1/s1. The van der Waals surface area contributed by atoms with Gasteiger partial charge >= 0.3 is 6.09 Å². The number of halogens is 1. The Labute approximate surface area is 165 Å². The molecule has 2 heterocycles. The molecule has 0 bridgehead atoms. The van der Waals surface area contributed by atoms with Gasteiger partial charge in [-0.25, -0.2) is 9.78 Å². The zero-order valence-electron chi connectivity index (χ0n) is 16.0. The van der Waals surface area contributed by atoms with Gasteiger partial charge in [0.15, 0.2) is 5.16 Å². The van der Waals surface area contributed by atoms with Gasteiger partial charge in [-0.05, 0) is 58.6 Å². The average molecular weight is 402 g/mol. The molecule has 1 aromatic heterocycles. The summed E-state index contributed by atoms with van der Waals surface area (Å²) in [5.74, 6) is 0.990. The summed E-state index contributed by atoms with van der Waals surface area (Å²) in [6.07, 6.45) is 5.75. The third-order valence-corrected chi connectivity index (χ3v) is 4.75. The van der Waals surface area contributed by atoms with Gasteiger partial charge < -0.3 is 14.4 Å². The maximum atomic E-state index is 12.2. The van der Waals surface area contributed by atoms with Crippen LogP contribution >= 0.6 is 23.4 Å². The molecule has 0 N–H and O–H groups in total. The lowest BCUT2D eigenvalue weighted by Gasteiger charge is -2.34. The summed E-state index contributed by atoms with van der Waals surface area (Å²) in [6.45, 7) is 7.79. The summed E-state index contributed by atoms with van der Waals surface area (Å²) in [5, 5.41) is 0.993. The average Bonchev–Trinajstić information content (AvgIpc) is 2.57. The molecule has 1 saturated heterocycles. The second-order valence-corrected chi connectivity index (χ2v) is 8.60. The van der Waals surface area contributed by atoms with Crippen LogP contribution in [0.5, 0.6) is 5.88 Å². The Hall–Kier alpha value is -1.21. The van der Waals surface area contributed by atoms with E-state index in [0.29, 0.717) is 28.7 Å². The molecule has 26 heavy (non-hydrogen) atoms. The van der Waals surface area contributed by atoms with Gasteiger partial charge in [0.05, 0.1) is 6.61 Å². The van der Waals surface area contributed by atoms with Crippen molar-refractivity contribution in [3.8, 4) is 5.88 Å². The number of likely N-dealkylation sites (tertiary alicyclic amines) is 1. The fourth-order valence-electron chi connectivity index (χ4n) is 2.88. The molecule has 0 unspecified atom stereocenters. The number of carbonyl (C=O) groups excluding carboxylic acids is 1. The predicted octanol–water partition coefficient (Wildman–Crippen LogP) is 4.66. The lowest BCUT2D eigenvalue weighted by molar-refractivity contribution is 0.0159. The van der Waals surface area contributed by atoms with Gasteiger partial charge in [0.2, 0.25) is 5.88 Å². The predicted molar refractivity (Wildman–Crippen MR) is 104 cm³/mol. The Morgan fingerprint density at radius 2 is 2.19 bits per heavy atom. The Morgan fingerprint density at radius 1 is 1.42 bits per heavy atom. The third kappa shape index (κ3) is 7.19. The number of rotatable bonds is 6. The molecule has 6 nitrogen and oxygen atoms in total. The van der Waals surface area contributed by atoms with Gasteiger partial charge in [0, 0.05) is 19.2 Å². The molecule has 2 rings (SSSR count). The van der Waals surface area contributed by atoms with E-state index in [1.807, 2.05) is 31.9 Å². The Morgan fingerprint density at radius 3 is 2.88 bits per heavy atom. The number of ether oxygens (including phenoxy) is 2. The molecule has 0 radical (unpaired) electrons. The van der Waals surface area contributed by atoms with E-state index in [1.54, 1.807) is 6.07 Å². The molecule has 1 atom stereocenters. The monoisotopic (exact) mass is 401 g/mol. The summed E-state index contributed by atoms with van der Waals surface area (Å²) in [5.41, 5.74) is -0.452. The molecule has 8 heteroatoms. The zero-order chi connectivity index (χ0) is 19.2. The number of hydrogen-bond acceptors (Lipinski definition) is 6. The normalized spacial score (nSPS) is 17.9. The van der Waals surface area contributed by atoms with Gasteiger partial charge in [0.1, 0.15) is 10.8 Å². The fraction of sp³-hybridized carbons (Fsp3) is 0.722. The van der Waals surface area contributed by atoms with Crippen LogP contribution in [0.4, 0.5) is 4.79 Å². The van der Waals surface area contributed by atoms with E-state index < -0.39 is 5.60 Å². The molecule has 1 aliphatic rings. The molecule has 0 aromatic carbocycles. The molecule has 146 valence electrons. The Bertz CT molecular complexity index is 610. The summed E-state index contributed by atoms with van der Waals surface area (Å²) in [7, 11) is 0. The van der Waals surface area contributed by atoms with E-state index >= 15 is 0 Å². The summed E-state index contributed by atoms with van der Waals surface area (Å²) >= 11 is 7.39. The maximum absolute atomic E-state index is 12.2. The number of amides is 1. The number of hydrogen-bond donors (Lipinski definition) is 0. The number of carbonyl (C=O) groups is 1. The van der Waals surface area contributed by atoms with Crippen LogP contribution in [0.25, 0.3) is 0 Å². The van der Waals surface area contributed by atoms with Crippen LogP contribution in [0.2, 0.25) is 5.15 Å². The van der Waals surface area contributed by atoms with Gasteiger partial charge in [-0.1, -0.05) is 23.4 Å². The first-order valence-electron chi connectivity index (χ1n) is 8.96. The van der Waals surface area contributed by atoms with Crippen molar-refractivity contribution >= 4 is 29.5 Å². The van der Waals surface area contributed by atoms with Crippen molar-refractivity contribution in [2.45, 2.75) is 57.2 Å². The van der Waals surface area contributed by atoms with Crippen molar-refractivity contribution in [3.05, 3.63) is 11.2 Å². The largest absolute Gasteiger partial charge is 0.478 e. The van der Waals surface area contributed by atoms with Gasteiger partial charge in [-0.2, -0.15) is 4.98 Å². The first kappa shape index (κ1) is 21.1. The highest BCUT2D eigenvalue weighted by molar-refractivity contribution is 7.98. The maximum Gasteiger partial charge on any atom is 0.410 e. The number of piperidine rings is 1. The second-order valence-electron chi connectivity index (χ2n) is 7.44. The highest BCUT2D eigenvalue weighted by Crippen LogP contribution is 2.23. The first-order valence-corrected chi connectivity index (χ1v) is 10.6. The van der Waals surface area contributed by atoms with Crippen LogP contribution in [0.1, 0.15) is 46.5 Å². The van der Waals surface area contributed by atoms with Crippen molar-refractivity contribution < 1.29 is 14.3 Å². The SMILES string of the molecule is CSc1nc(Cl)cc(OCCC[C@H]2CCCN(C(=O)OC(C)(C)C)C2)n1. The van der Waals surface area contributed by atoms with E-state index in [9.17, 15) is 4.79 Å². The van der Waals surface area contributed by atoms with Crippen LogP contribution in [0, 0.1) is 5.92 Å². The summed E-state index contributed by atoms with van der Waals surface area (Å²) in [6, 6.07) is 1.63. The topological polar surface area (TPSA) is 64.5 Å². The van der Waals surface area contributed by atoms with Gasteiger partial charge in [-0.3, -0.25) is 0 Å². The number of aromatic nitrogens is 2. The van der Waals surface area contributed by atoms with E-state index in [-0.39, 0.29) is 6.09 Å². The quantitative estimate of drug-likeness (QED) is 0.299. The summed E-state index contributed by atoms with van der Waals surface area (Å²) in [4.78, 5) is 22.4. The minimum absolute atomic E-state index is 0.210. The smallest absolute Gasteiger partial charge is 0.410 e. The third-order valence-electron chi connectivity index (χ3n) is 4.01. The minimum atomic E-state index is -0.452. The number of thioether (sulfide) groups is 1. The molecule has 1 amide bonds. The van der Waals surface area contributed by atoms with E-state index in [1.165, 1.54) is 11.8 Å². The molecule has 1 aromatic rings. The van der Waals surface area contributed by atoms with Crippen molar-refractivity contribution in [1.82, 2.24) is 14.9 Å². The zero-order valence-corrected chi connectivity index (χ0v) is 17.5. The van der Waals surface area contributed by atoms with Crippen molar-refractivity contribution in [1.29, 1.82) is 0 Å². The van der Waals surface area contributed by atoms with E-state index in [0.717, 1.165) is 38.8 Å². The molecular weight excluding hydrogens is 374 g/mol. The minimum Gasteiger partial charge on any atom is -0.478 e. The second kappa shape index (κ2) is 9.65.